The van der Waals surface area contributed by atoms with Crippen LogP contribution >= 0.6 is 15.9 Å². The van der Waals surface area contributed by atoms with Crippen molar-refractivity contribution in [1.82, 2.24) is 4.72 Å². The molecule has 0 spiro atoms. The van der Waals surface area contributed by atoms with E-state index in [4.69, 9.17) is 4.74 Å². The van der Waals surface area contributed by atoms with Gasteiger partial charge in [-0.15, -0.1) is 0 Å². The number of benzene rings is 2. The minimum atomic E-state index is -3.58. The summed E-state index contributed by atoms with van der Waals surface area (Å²) in [6.45, 7) is 1.50. The largest absolute Gasteiger partial charge is 0.484 e. The zero-order valence-electron chi connectivity index (χ0n) is 13.2. The van der Waals surface area contributed by atoms with Crippen molar-refractivity contribution >= 4 is 37.5 Å². The number of ether oxygens (including phenoxy) is 1. The molecule has 0 unspecified atom stereocenters. The molecule has 0 aliphatic carbocycles. The summed E-state index contributed by atoms with van der Waals surface area (Å²) in [6.07, 6.45) is 0. The average molecular weight is 413 g/mol. The number of hydrogen-bond acceptors (Lipinski definition) is 4. The zero-order valence-corrected chi connectivity index (χ0v) is 15.6. The smallest absolute Gasteiger partial charge is 0.262 e. The van der Waals surface area contributed by atoms with Crippen LogP contribution in [0.2, 0.25) is 0 Å². The fourth-order valence-electron chi connectivity index (χ4n) is 1.98. The van der Waals surface area contributed by atoms with E-state index in [1.165, 1.54) is 13.1 Å². The molecule has 0 aromatic heterocycles. The Bertz CT molecular complexity index is 853. The maximum atomic E-state index is 12.0. The highest BCUT2D eigenvalue weighted by molar-refractivity contribution is 9.10. The molecule has 0 saturated heterocycles. The topological polar surface area (TPSA) is 84.5 Å². The van der Waals surface area contributed by atoms with Crippen LogP contribution in [0.4, 0.5) is 5.69 Å². The van der Waals surface area contributed by atoms with Gasteiger partial charge >= 0.3 is 0 Å². The fourth-order valence-corrected chi connectivity index (χ4v) is 3.35. The van der Waals surface area contributed by atoms with Crippen LogP contribution in [0.1, 0.15) is 5.56 Å². The first-order valence-electron chi connectivity index (χ1n) is 7.04. The minimum Gasteiger partial charge on any atom is -0.484 e. The molecular formula is C16H17BrN2O4S. The minimum absolute atomic E-state index is 0.121. The third-order valence-corrected chi connectivity index (χ3v) is 5.25. The van der Waals surface area contributed by atoms with Crippen LogP contribution in [0.3, 0.4) is 0 Å². The lowest BCUT2D eigenvalue weighted by molar-refractivity contribution is -0.118. The lowest BCUT2D eigenvalue weighted by Gasteiger charge is -2.11. The lowest BCUT2D eigenvalue weighted by atomic mass is 10.2. The molecule has 0 saturated carbocycles. The van der Waals surface area contributed by atoms with E-state index in [2.05, 4.69) is 26.0 Å². The summed E-state index contributed by atoms with van der Waals surface area (Å²) in [5.41, 5.74) is 0.977. The van der Waals surface area contributed by atoms with Gasteiger partial charge in [-0.1, -0.05) is 28.1 Å². The van der Waals surface area contributed by atoms with Gasteiger partial charge in [-0.05, 0) is 49.9 Å². The van der Waals surface area contributed by atoms with Gasteiger partial charge in [-0.3, -0.25) is 4.79 Å². The third-order valence-electron chi connectivity index (χ3n) is 3.20. The predicted molar refractivity (Wildman–Crippen MR) is 95.7 cm³/mol. The number of aryl methyl sites for hydroxylation is 1. The van der Waals surface area contributed by atoms with Gasteiger partial charge in [0, 0.05) is 10.2 Å². The summed E-state index contributed by atoms with van der Waals surface area (Å²) in [7, 11) is -2.25. The third kappa shape index (κ3) is 4.80. The van der Waals surface area contributed by atoms with Crippen LogP contribution in [-0.2, 0) is 14.8 Å². The number of carbonyl (C=O) groups is 1. The molecule has 0 atom stereocenters. The number of anilines is 1. The van der Waals surface area contributed by atoms with Crippen LogP contribution in [0, 0.1) is 6.92 Å². The Kier molecular flexibility index (Phi) is 5.98. The molecule has 6 nitrogen and oxygen atoms in total. The highest BCUT2D eigenvalue weighted by atomic mass is 79.9. The van der Waals surface area contributed by atoms with Gasteiger partial charge in [0.15, 0.2) is 6.61 Å². The van der Waals surface area contributed by atoms with E-state index in [9.17, 15) is 13.2 Å². The van der Waals surface area contributed by atoms with Crippen molar-refractivity contribution < 1.29 is 17.9 Å². The number of nitrogens with one attached hydrogen (secondary N) is 2. The maximum Gasteiger partial charge on any atom is 0.262 e. The van der Waals surface area contributed by atoms with E-state index < -0.39 is 10.0 Å². The summed E-state index contributed by atoms with van der Waals surface area (Å²) in [6, 6.07) is 11.8. The summed E-state index contributed by atoms with van der Waals surface area (Å²) < 4.78 is 32.4. The van der Waals surface area contributed by atoms with Gasteiger partial charge in [-0.2, -0.15) is 0 Å². The highest BCUT2D eigenvalue weighted by Crippen LogP contribution is 2.20. The highest BCUT2D eigenvalue weighted by Gasteiger charge is 2.15. The Balaban J connectivity index is 2.05. The SMILES string of the molecule is CNS(=O)(=O)c1cc(NC(=O)COc2cccc(Br)c2)ccc1C. The number of amides is 1. The zero-order chi connectivity index (χ0) is 17.7. The van der Waals surface area contributed by atoms with Gasteiger partial charge < -0.3 is 10.1 Å². The standard InChI is InChI=1S/C16H17BrN2O4S/c1-11-6-7-13(9-15(11)24(21,22)18-2)19-16(20)10-23-14-5-3-4-12(17)8-14/h3-9,18H,10H2,1-2H3,(H,19,20). The normalized spacial score (nSPS) is 11.1. The molecule has 2 rings (SSSR count). The molecule has 24 heavy (non-hydrogen) atoms. The second kappa shape index (κ2) is 7.78. The number of halogens is 1. The van der Waals surface area contributed by atoms with Crippen LogP contribution in [0.25, 0.3) is 0 Å². The van der Waals surface area contributed by atoms with E-state index >= 15 is 0 Å². The molecule has 0 bridgehead atoms. The fraction of sp³-hybridized carbons (Fsp3) is 0.188. The van der Waals surface area contributed by atoms with Crippen molar-refractivity contribution in [2.45, 2.75) is 11.8 Å². The molecular weight excluding hydrogens is 396 g/mol. The Morgan fingerprint density at radius 2 is 1.96 bits per heavy atom. The second-order valence-corrected chi connectivity index (χ2v) is 7.75. The predicted octanol–water partition coefficient (Wildman–Crippen LogP) is 2.68. The number of carbonyl (C=O) groups excluding carboxylic acids is 1. The average Bonchev–Trinajstić information content (AvgIpc) is 2.54. The van der Waals surface area contributed by atoms with Gasteiger partial charge in [0.1, 0.15) is 5.75 Å². The summed E-state index contributed by atoms with van der Waals surface area (Å²) in [5.74, 6) is 0.175. The van der Waals surface area contributed by atoms with Gasteiger partial charge in [0.2, 0.25) is 10.0 Å². The number of sulfonamides is 1. The molecule has 0 radical (unpaired) electrons. The van der Waals surface area contributed by atoms with E-state index in [0.29, 0.717) is 17.0 Å². The van der Waals surface area contributed by atoms with Crippen LogP contribution in [0.5, 0.6) is 5.75 Å². The quantitative estimate of drug-likeness (QED) is 0.763. The molecule has 0 heterocycles. The van der Waals surface area contributed by atoms with E-state index in [1.54, 1.807) is 37.3 Å². The van der Waals surface area contributed by atoms with Crippen molar-refractivity contribution in [2.75, 3.05) is 19.0 Å². The van der Waals surface area contributed by atoms with Crippen LogP contribution < -0.4 is 14.8 Å². The molecule has 0 fully saturated rings. The Hall–Kier alpha value is -1.90. The van der Waals surface area contributed by atoms with Gasteiger partial charge in [-0.25, -0.2) is 13.1 Å². The van der Waals surface area contributed by atoms with Gasteiger partial charge in [0.05, 0.1) is 4.90 Å². The second-order valence-electron chi connectivity index (χ2n) is 4.98. The van der Waals surface area contributed by atoms with Crippen molar-refractivity contribution in [3.63, 3.8) is 0 Å². The van der Waals surface area contributed by atoms with Crippen LogP contribution in [-0.4, -0.2) is 28.0 Å². The molecule has 0 aliphatic heterocycles. The van der Waals surface area contributed by atoms with Crippen molar-refractivity contribution in [3.8, 4) is 5.75 Å². The molecule has 2 N–H and O–H groups in total. The molecule has 2 aromatic carbocycles. The van der Waals surface area contributed by atoms with E-state index in [0.717, 1.165) is 4.47 Å². The van der Waals surface area contributed by atoms with E-state index in [1.807, 2.05) is 6.07 Å². The Morgan fingerprint density at radius 3 is 2.62 bits per heavy atom. The number of rotatable bonds is 6. The molecule has 1 amide bonds. The summed E-state index contributed by atoms with van der Waals surface area (Å²) >= 11 is 3.32. The van der Waals surface area contributed by atoms with Gasteiger partial charge in [0.25, 0.3) is 5.91 Å². The first kappa shape index (κ1) is 18.4. The van der Waals surface area contributed by atoms with Crippen molar-refractivity contribution in [3.05, 3.63) is 52.5 Å². The Labute approximate surface area is 149 Å². The first-order chi connectivity index (χ1) is 11.3. The summed E-state index contributed by atoms with van der Waals surface area (Å²) in [4.78, 5) is 12.1. The molecule has 0 aliphatic rings. The first-order valence-corrected chi connectivity index (χ1v) is 9.32. The van der Waals surface area contributed by atoms with Crippen molar-refractivity contribution in [1.29, 1.82) is 0 Å². The van der Waals surface area contributed by atoms with E-state index in [-0.39, 0.29) is 17.4 Å². The van der Waals surface area contributed by atoms with Crippen LogP contribution in [0.15, 0.2) is 51.8 Å². The Morgan fingerprint density at radius 1 is 1.21 bits per heavy atom. The molecule has 2 aromatic rings. The monoisotopic (exact) mass is 412 g/mol. The maximum absolute atomic E-state index is 12.0. The van der Waals surface area contributed by atoms with Crippen molar-refractivity contribution in [2.24, 2.45) is 0 Å². The number of hydrogen-bond donors (Lipinski definition) is 2. The lowest BCUT2D eigenvalue weighted by Crippen LogP contribution is -2.22. The summed E-state index contributed by atoms with van der Waals surface area (Å²) in [5, 5.41) is 2.62. The molecule has 128 valence electrons. The molecule has 8 heteroatoms.